The number of piperidine rings is 1. The van der Waals surface area contributed by atoms with Gasteiger partial charge in [-0.15, -0.1) is 0 Å². The second kappa shape index (κ2) is 5.67. The predicted molar refractivity (Wildman–Crippen MR) is 73.7 cm³/mol. The van der Waals surface area contributed by atoms with Crippen LogP contribution in [0.5, 0.6) is 0 Å². The summed E-state index contributed by atoms with van der Waals surface area (Å²) in [5.74, 6) is 1.33. The fourth-order valence-corrected chi connectivity index (χ4v) is 2.35. The van der Waals surface area contributed by atoms with Crippen molar-refractivity contribution in [3.05, 3.63) is 23.9 Å². The van der Waals surface area contributed by atoms with Gasteiger partial charge in [-0.3, -0.25) is 0 Å². The van der Waals surface area contributed by atoms with E-state index >= 15 is 0 Å². The zero-order valence-corrected chi connectivity index (χ0v) is 11.4. The Morgan fingerprint density at radius 2 is 2.28 bits per heavy atom. The molecule has 2 heterocycles. The largest absolute Gasteiger partial charge is 0.393 e. The van der Waals surface area contributed by atoms with Gasteiger partial charge in [0.05, 0.1) is 6.10 Å². The molecule has 0 spiro atoms. The van der Waals surface area contributed by atoms with Crippen molar-refractivity contribution in [2.24, 2.45) is 5.92 Å². The molecular weight excluding hydrogens is 226 g/mol. The van der Waals surface area contributed by atoms with E-state index in [1.165, 1.54) is 5.56 Å². The summed E-state index contributed by atoms with van der Waals surface area (Å²) < 4.78 is 0. The van der Waals surface area contributed by atoms with Gasteiger partial charge in [0.1, 0.15) is 5.82 Å². The van der Waals surface area contributed by atoms with Crippen LogP contribution in [0, 0.1) is 5.92 Å². The number of pyridine rings is 1. The highest BCUT2D eigenvalue weighted by molar-refractivity contribution is 5.40. The standard InChI is InChI=1S/C14H23N3O/c1-10-9-17(7-6-13(10)18)14-5-4-12(8-16-14)11(2)15-3/h4-5,8,10-11,13,15,18H,6-7,9H2,1-3H3. The van der Waals surface area contributed by atoms with Crippen molar-refractivity contribution >= 4 is 5.82 Å². The molecule has 100 valence electrons. The van der Waals surface area contributed by atoms with E-state index in [4.69, 9.17) is 0 Å². The van der Waals surface area contributed by atoms with Gasteiger partial charge in [0.2, 0.25) is 0 Å². The summed E-state index contributed by atoms with van der Waals surface area (Å²) in [6.45, 7) is 5.98. The number of hydrogen-bond acceptors (Lipinski definition) is 4. The van der Waals surface area contributed by atoms with Gasteiger partial charge < -0.3 is 15.3 Å². The van der Waals surface area contributed by atoms with E-state index in [1.807, 2.05) is 13.2 Å². The third kappa shape index (κ3) is 2.82. The Kier molecular flexibility index (Phi) is 4.19. The van der Waals surface area contributed by atoms with Crippen LogP contribution in [0.3, 0.4) is 0 Å². The molecule has 3 unspecified atom stereocenters. The SMILES string of the molecule is CNC(C)c1ccc(N2CCC(O)C(C)C2)nc1. The summed E-state index contributed by atoms with van der Waals surface area (Å²) in [5, 5.41) is 12.9. The van der Waals surface area contributed by atoms with Crippen LogP contribution in [-0.2, 0) is 0 Å². The Morgan fingerprint density at radius 1 is 1.50 bits per heavy atom. The second-order valence-corrected chi connectivity index (χ2v) is 5.24. The first kappa shape index (κ1) is 13.3. The van der Waals surface area contributed by atoms with Crippen molar-refractivity contribution in [1.82, 2.24) is 10.3 Å². The molecule has 18 heavy (non-hydrogen) atoms. The molecule has 0 amide bonds. The highest BCUT2D eigenvalue weighted by Gasteiger charge is 2.24. The molecule has 0 aromatic carbocycles. The van der Waals surface area contributed by atoms with Gasteiger partial charge in [-0.2, -0.15) is 0 Å². The minimum absolute atomic E-state index is 0.162. The summed E-state index contributed by atoms with van der Waals surface area (Å²) >= 11 is 0. The Morgan fingerprint density at radius 3 is 2.83 bits per heavy atom. The smallest absolute Gasteiger partial charge is 0.128 e. The molecule has 3 atom stereocenters. The lowest BCUT2D eigenvalue weighted by Gasteiger charge is -2.35. The summed E-state index contributed by atoms with van der Waals surface area (Å²) in [7, 11) is 1.95. The number of anilines is 1. The first-order chi connectivity index (χ1) is 8.61. The predicted octanol–water partition coefficient (Wildman–Crippen LogP) is 1.57. The highest BCUT2D eigenvalue weighted by atomic mass is 16.3. The molecule has 1 fully saturated rings. The number of nitrogens with one attached hydrogen (secondary N) is 1. The minimum Gasteiger partial charge on any atom is -0.393 e. The third-order valence-corrected chi connectivity index (χ3v) is 3.89. The van der Waals surface area contributed by atoms with Crippen LogP contribution < -0.4 is 10.2 Å². The summed E-state index contributed by atoms with van der Waals surface area (Å²) in [4.78, 5) is 6.79. The van der Waals surface area contributed by atoms with Gasteiger partial charge >= 0.3 is 0 Å². The van der Waals surface area contributed by atoms with Crippen molar-refractivity contribution in [2.45, 2.75) is 32.4 Å². The van der Waals surface area contributed by atoms with Gasteiger partial charge in [-0.25, -0.2) is 4.98 Å². The van der Waals surface area contributed by atoms with E-state index in [-0.39, 0.29) is 6.10 Å². The zero-order chi connectivity index (χ0) is 13.1. The van der Waals surface area contributed by atoms with Crippen LogP contribution in [-0.4, -0.2) is 36.3 Å². The highest BCUT2D eigenvalue weighted by Crippen LogP contribution is 2.22. The molecule has 1 aliphatic heterocycles. The lowest BCUT2D eigenvalue weighted by molar-refractivity contribution is 0.0969. The van der Waals surface area contributed by atoms with E-state index in [0.717, 1.165) is 25.3 Å². The van der Waals surface area contributed by atoms with E-state index in [2.05, 4.69) is 41.2 Å². The summed E-state index contributed by atoms with van der Waals surface area (Å²) in [5.41, 5.74) is 1.20. The van der Waals surface area contributed by atoms with E-state index in [1.54, 1.807) is 0 Å². The van der Waals surface area contributed by atoms with Gasteiger partial charge in [0, 0.05) is 25.3 Å². The molecule has 4 nitrogen and oxygen atoms in total. The van der Waals surface area contributed by atoms with Crippen LogP contribution in [0.25, 0.3) is 0 Å². The van der Waals surface area contributed by atoms with Crippen molar-refractivity contribution < 1.29 is 5.11 Å². The maximum absolute atomic E-state index is 9.74. The number of rotatable bonds is 3. The molecular formula is C14H23N3O. The molecule has 0 saturated carbocycles. The van der Waals surface area contributed by atoms with Crippen molar-refractivity contribution in [1.29, 1.82) is 0 Å². The number of aromatic nitrogens is 1. The van der Waals surface area contributed by atoms with Crippen molar-refractivity contribution in [2.75, 3.05) is 25.0 Å². The number of hydrogen-bond donors (Lipinski definition) is 2. The van der Waals surface area contributed by atoms with Crippen LogP contribution in [0.4, 0.5) is 5.82 Å². The molecule has 2 N–H and O–H groups in total. The molecule has 1 saturated heterocycles. The molecule has 0 bridgehead atoms. The van der Waals surface area contributed by atoms with Gasteiger partial charge in [0.25, 0.3) is 0 Å². The molecule has 0 radical (unpaired) electrons. The minimum atomic E-state index is -0.162. The van der Waals surface area contributed by atoms with Crippen LogP contribution >= 0.6 is 0 Å². The first-order valence-corrected chi connectivity index (χ1v) is 6.68. The van der Waals surface area contributed by atoms with E-state index in [0.29, 0.717) is 12.0 Å². The van der Waals surface area contributed by atoms with Gasteiger partial charge in [-0.05, 0) is 37.9 Å². The maximum atomic E-state index is 9.74. The second-order valence-electron chi connectivity index (χ2n) is 5.24. The van der Waals surface area contributed by atoms with Crippen LogP contribution in [0.1, 0.15) is 31.9 Å². The molecule has 2 rings (SSSR count). The lowest BCUT2D eigenvalue weighted by atomic mass is 9.97. The number of aliphatic hydroxyl groups excluding tert-OH is 1. The fraction of sp³-hybridized carbons (Fsp3) is 0.643. The third-order valence-electron chi connectivity index (χ3n) is 3.89. The number of aliphatic hydroxyl groups is 1. The molecule has 1 aliphatic rings. The summed E-state index contributed by atoms with van der Waals surface area (Å²) in [6.07, 6.45) is 2.61. The normalized spacial score (nSPS) is 26.1. The number of nitrogens with zero attached hydrogens (tertiary/aromatic N) is 2. The Balaban J connectivity index is 2.06. The molecule has 1 aromatic rings. The van der Waals surface area contributed by atoms with Gasteiger partial charge in [0.15, 0.2) is 0 Å². The average molecular weight is 249 g/mol. The summed E-state index contributed by atoms with van der Waals surface area (Å²) in [6, 6.07) is 4.53. The van der Waals surface area contributed by atoms with Gasteiger partial charge in [-0.1, -0.05) is 13.0 Å². The van der Waals surface area contributed by atoms with E-state index < -0.39 is 0 Å². The Labute approximate surface area is 109 Å². The molecule has 4 heteroatoms. The zero-order valence-electron chi connectivity index (χ0n) is 11.4. The lowest BCUT2D eigenvalue weighted by Crippen LogP contribution is -2.42. The topological polar surface area (TPSA) is 48.4 Å². The fourth-order valence-electron chi connectivity index (χ4n) is 2.35. The average Bonchev–Trinajstić information content (AvgIpc) is 2.41. The van der Waals surface area contributed by atoms with Crippen molar-refractivity contribution in [3.63, 3.8) is 0 Å². The Bertz CT molecular complexity index is 379. The van der Waals surface area contributed by atoms with Crippen LogP contribution in [0.2, 0.25) is 0 Å². The Hall–Kier alpha value is -1.13. The van der Waals surface area contributed by atoms with E-state index in [9.17, 15) is 5.11 Å². The monoisotopic (exact) mass is 249 g/mol. The van der Waals surface area contributed by atoms with Crippen LogP contribution in [0.15, 0.2) is 18.3 Å². The molecule has 1 aromatic heterocycles. The maximum Gasteiger partial charge on any atom is 0.128 e. The molecule has 0 aliphatic carbocycles. The quantitative estimate of drug-likeness (QED) is 0.853. The van der Waals surface area contributed by atoms with Crippen molar-refractivity contribution in [3.8, 4) is 0 Å². The first-order valence-electron chi connectivity index (χ1n) is 6.68.